The van der Waals surface area contributed by atoms with Gasteiger partial charge in [-0.25, -0.2) is 0 Å². The molecule has 100 valence electrons. The highest BCUT2D eigenvalue weighted by molar-refractivity contribution is 7.13. The Bertz CT molecular complexity index is 449. The molecule has 1 fully saturated rings. The molecule has 0 radical (unpaired) electrons. The van der Waals surface area contributed by atoms with Gasteiger partial charge < -0.3 is 9.64 Å². The molecular formula is C12H15Cl2NO2S. The van der Waals surface area contributed by atoms with E-state index in [1.165, 1.54) is 11.3 Å². The fourth-order valence-corrected chi connectivity index (χ4v) is 3.31. The first kappa shape index (κ1) is 14.1. The van der Waals surface area contributed by atoms with Crippen molar-refractivity contribution in [2.45, 2.75) is 26.0 Å². The van der Waals surface area contributed by atoms with Crippen LogP contribution in [0.1, 0.15) is 22.2 Å². The van der Waals surface area contributed by atoms with Gasteiger partial charge >= 0.3 is 0 Å². The predicted octanol–water partition coefficient (Wildman–Crippen LogP) is 3.18. The molecule has 1 saturated heterocycles. The fraction of sp³-hybridized carbons (Fsp3) is 0.583. The summed E-state index contributed by atoms with van der Waals surface area (Å²) in [5, 5.41) is 2.46. The molecule has 0 spiro atoms. The monoisotopic (exact) mass is 307 g/mol. The zero-order valence-electron chi connectivity index (χ0n) is 10.3. The standard InChI is InChI=1S/C12H15Cl2NO2S/c1-7-6-18-11(10(7)14)12(16)15-4-9(3-13)17-5-8(15)2/h6,8-9H,3-5H2,1-2H3. The number of halogens is 2. The van der Waals surface area contributed by atoms with Crippen LogP contribution in [-0.4, -0.2) is 42.0 Å². The lowest BCUT2D eigenvalue weighted by Gasteiger charge is -2.37. The summed E-state index contributed by atoms with van der Waals surface area (Å²) in [4.78, 5) is 14.9. The smallest absolute Gasteiger partial charge is 0.265 e. The van der Waals surface area contributed by atoms with E-state index in [1.54, 1.807) is 4.90 Å². The Morgan fingerprint density at radius 1 is 1.67 bits per heavy atom. The molecule has 1 aliphatic rings. The summed E-state index contributed by atoms with van der Waals surface area (Å²) in [5.74, 6) is 0.372. The van der Waals surface area contributed by atoms with Gasteiger partial charge in [-0.3, -0.25) is 4.79 Å². The van der Waals surface area contributed by atoms with Crippen molar-refractivity contribution in [2.24, 2.45) is 0 Å². The summed E-state index contributed by atoms with van der Waals surface area (Å²) < 4.78 is 5.54. The molecule has 0 aliphatic carbocycles. The van der Waals surface area contributed by atoms with Crippen molar-refractivity contribution in [3.8, 4) is 0 Å². The van der Waals surface area contributed by atoms with E-state index in [0.717, 1.165) is 5.56 Å². The Labute approximate surface area is 121 Å². The van der Waals surface area contributed by atoms with Crippen LogP contribution in [0.5, 0.6) is 0 Å². The van der Waals surface area contributed by atoms with Crippen LogP contribution >= 0.6 is 34.5 Å². The molecule has 18 heavy (non-hydrogen) atoms. The highest BCUT2D eigenvalue weighted by Crippen LogP contribution is 2.29. The average Bonchev–Trinajstić information content (AvgIpc) is 2.70. The van der Waals surface area contributed by atoms with Gasteiger partial charge in [0.1, 0.15) is 4.88 Å². The second kappa shape index (κ2) is 5.78. The SMILES string of the molecule is Cc1csc(C(=O)N2CC(CCl)OCC2C)c1Cl. The fourth-order valence-electron chi connectivity index (χ4n) is 1.90. The van der Waals surface area contributed by atoms with Crippen LogP contribution in [0, 0.1) is 6.92 Å². The van der Waals surface area contributed by atoms with Gasteiger partial charge in [-0.1, -0.05) is 11.6 Å². The molecule has 0 aromatic carbocycles. The third-order valence-electron chi connectivity index (χ3n) is 3.03. The summed E-state index contributed by atoms with van der Waals surface area (Å²) in [5.41, 5.74) is 0.944. The topological polar surface area (TPSA) is 29.5 Å². The van der Waals surface area contributed by atoms with Crippen LogP contribution in [-0.2, 0) is 4.74 Å². The van der Waals surface area contributed by atoms with Crippen LogP contribution in [0.3, 0.4) is 0 Å². The number of hydrogen-bond acceptors (Lipinski definition) is 3. The number of carbonyl (C=O) groups excluding carboxylic acids is 1. The molecule has 1 aromatic rings. The molecule has 1 amide bonds. The Balaban J connectivity index is 2.19. The van der Waals surface area contributed by atoms with Crippen LogP contribution < -0.4 is 0 Å². The van der Waals surface area contributed by atoms with Gasteiger partial charge in [0.2, 0.25) is 0 Å². The quantitative estimate of drug-likeness (QED) is 0.785. The van der Waals surface area contributed by atoms with Gasteiger partial charge in [-0.2, -0.15) is 0 Å². The molecule has 1 aliphatic heterocycles. The van der Waals surface area contributed by atoms with E-state index in [-0.39, 0.29) is 18.1 Å². The Morgan fingerprint density at radius 2 is 2.39 bits per heavy atom. The summed E-state index contributed by atoms with van der Waals surface area (Å²) in [6, 6.07) is 0.0513. The van der Waals surface area contributed by atoms with E-state index in [2.05, 4.69) is 0 Å². The number of hydrogen-bond donors (Lipinski definition) is 0. The van der Waals surface area contributed by atoms with E-state index < -0.39 is 0 Å². The third-order valence-corrected chi connectivity index (χ3v) is 5.06. The van der Waals surface area contributed by atoms with Crippen molar-refractivity contribution in [1.29, 1.82) is 0 Å². The van der Waals surface area contributed by atoms with Crippen molar-refractivity contribution in [1.82, 2.24) is 4.90 Å². The molecule has 2 atom stereocenters. The Hall–Kier alpha value is -0.290. The second-order valence-electron chi connectivity index (χ2n) is 4.48. The number of ether oxygens (including phenoxy) is 1. The van der Waals surface area contributed by atoms with Crippen LogP contribution in [0.15, 0.2) is 5.38 Å². The number of carbonyl (C=O) groups is 1. The lowest BCUT2D eigenvalue weighted by molar-refractivity contribution is -0.0370. The van der Waals surface area contributed by atoms with E-state index in [9.17, 15) is 4.79 Å². The van der Waals surface area contributed by atoms with Gasteiger partial charge in [-0.15, -0.1) is 22.9 Å². The molecule has 0 N–H and O–H groups in total. The molecule has 2 heterocycles. The zero-order chi connectivity index (χ0) is 13.3. The van der Waals surface area contributed by atoms with E-state index >= 15 is 0 Å². The molecule has 2 rings (SSSR count). The Morgan fingerprint density at radius 3 is 2.94 bits per heavy atom. The maximum absolute atomic E-state index is 12.5. The van der Waals surface area contributed by atoms with E-state index in [1.807, 2.05) is 19.2 Å². The lowest BCUT2D eigenvalue weighted by atomic mass is 10.2. The normalized spacial score (nSPS) is 24.3. The number of aryl methyl sites for hydroxylation is 1. The first-order chi connectivity index (χ1) is 8.54. The van der Waals surface area contributed by atoms with Gasteiger partial charge in [0.05, 0.1) is 29.7 Å². The number of morpholine rings is 1. The first-order valence-corrected chi connectivity index (χ1v) is 7.56. The molecule has 6 heteroatoms. The number of alkyl halides is 1. The van der Waals surface area contributed by atoms with E-state index in [4.69, 9.17) is 27.9 Å². The summed E-state index contributed by atoms with van der Waals surface area (Å²) >= 11 is 13.3. The van der Waals surface area contributed by atoms with Gasteiger partial charge in [0.25, 0.3) is 5.91 Å². The largest absolute Gasteiger partial charge is 0.373 e. The molecule has 3 nitrogen and oxygen atoms in total. The summed E-state index contributed by atoms with van der Waals surface area (Å²) in [6.45, 7) is 4.92. The van der Waals surface area contributed by atoms with Crippen LogP contribution in [0.2, 0.25) is 5.02 Å². The highest BCUT2D eigenvalue weighted by Gasteiger charge is 2.31. The van der Waals surface area contributed by atoms with Crippen LogP contribution in [0.25, 0.3) is 0 Å². The minimum Gasteiger partial charge on any atom is -0.373 e. The van der Waals surface area contributed by atoms with Gasteiger partial charge in [0.15, 0.2) is 0 Å². The number of thiophene rings is 1. The van der Waals surface area contributed by atoms with E-state index in [0.29, 0.717) is 28.9 Å². The minimum absolute atomic E-state index is 0.0241. The molecule has 1 aromatic heterocycles. The molecular weight excluding hydrogens is 293 g/mol. The van der Waals surface area contributed by atoms with Gasteiger partial charge in [0, 0.05) is 6.54 Å². The first-order valence-electron chi connectivity index (χ1n) is 5.76. The van der Waals surface area contributed by atoms with Gasteiger partial charge in [-0.05, 0) is 24.8 Å². The van der Waals surface area contributed by atoms with Crippen molar-refractivity contribution >= 4 is 40.4 Å². The number of amides is 1. The molecule has 0 saturated carbocycles. The predicted molar refractivity (Wildman–Crippen MR) is 75.0 cm³/mol. The maximum Gasteiger partial charge on any atom is 0.265 e. The molecule has 2 unspecified atom stereocenters. The Kier molecular flexibility index (Phi) is 4.54. The third kappa shape index (κ3) is 2.67. The zero-order valence-corrected chi connectivity index (χ0v) is 12.6. The maximum atomic E-state index is 12.5. The number of nitrogens with zero attached hydrogens (tertiary/aromatic N) is 1. The second-order valence-corrected chi connectivity index (χ2v) is 6.04. The number of rotatable bonds is 2. The summed E-state index contributed by atoms with van der Waals surface area (Å²) in [7, 11) is 0. The average molecular weight is 308 g/mol. The lowest BCUT2D eigenvalue weighted by Crippen LogP contribution is -2.51. The minimum atomic E-state index is -0.0911. The van der Waals surface area contributed by atoms with Crippen molar-refractivity contribution in [2.75, 3.05) is 19.0 Å². The van der Waals surface area contributed by atoms with Crippen molar-refractivity contribution < 1.29 is 9.53 Å². The highest BCUT2D eigenvalue weighted by atomic mass is 35.5. The molecule has 0 bridgehead atoms. The van der Waals surface area contributed by atoms with Crippen molar-refractivity contribution in [3.63, 3.8) is 0 Å². The summed E-state index contributed by atoms with van der Waals surface area (Å²) in [6.07, 6.45) is -0.0911. The van der Waals surface area contributed by atoms with Crippen molar-refractivity contribution in [3.05, 3.63) is 20.8 Å². The van der Waals surface area contributed by atoms with Crippen LogP contribution in [0.4, 0.5) is 0 Å².